The van der Waals surface area contributed by atoms with Crippen LogP contribution in [0.3, 0.4) is 0 Å². The molecule has 2 saturated heterocycles. The largest absolute Gasteiger partial charge is 0.447 e. The Kier molecular flexibility index (Phi) is 1.99. The Morgan fingerprint density at radius 2 is 2.38 bits per heavy atom. The van der Waals surface area contributed by atoms with E-state index in [0.29, 0.717) is 18.3 Å². The van der Waals surface area contributed by atoms with Gasteiger partial charge >= 0.3 is 6.09 Å². The Morgan fingerprint density at radius 3 is 3.06 bits per heavy atom. The van der Waals surface area contributed by atoms with Crippen LogP contribution in [0.1, 0.15) is 17.9 Å². The number of fused-ring (bicyclic) bond motifs is 1. The highest BCUT2D eigenvalue weighted by Gasteiger charge is 2.41. The van der Waals surface area contributed by atoms with E-state index in [2.05, 4.69) is 4.98 Å². The zero-order chi connectivity index (χ0) is 11.1. The van der Waals surface area contributed by atoms with E-state index in [1.165, 1.54) is 0 Å². The minimum absolute atomic E-state index is 0.184. The number of ether oxygens (including phenoxy) is 1. The maximum absolute atomic E-state index is 11.4. The van der Waals surface area contributed by atoms with E-state index in [0.717, 1.165) is 18.5 Å². The molecule has 5 heteroatoms. The number of aromatic nitrogens is 1. The van der Waals surface area contributed by atoms with Crippen LogP contribution in [0.2, 0.25) is 0 Å². The standard InChI is InChI=1S/C11H13N3O2/c12-10-2-1-7(4-13-10)8-3-9-6-16-11(15)14(9)5-8/h1-2,4,8-9H,3,5-6H2,(H2,12,13)/t8-,9-/m0/s1. The molecule has 1 amide bonds. The Balaban J connectivity index is 1.79. The second kappa shape index (κ2) is 3.37. The van der Waals surface area contributed by atoms with Crippen molar-refractivity contribution < 1.29 is 9.53 Å². The summed E-state index contributed by atoms with van der Waals surface area (Å²) in [7, 11) is 0. The fraction of sp³-hybridized carbons (Fsp3) is 0.455. The van der Waals surface area contributed by atoms with Crippen molar-refractivity contribution >= 4 is 11.9 Å². The number of nitrogen functional groups attached to an aromatic ring is 1. The molecule has 1 aromatic heterocycles. The summed E-state index contributed by atoms with van der Waals surface area (Å²) in [6.45, 7) is 1.26. The van der Waals surface area contributed by atoms with Gasteiger partial charge in [0.2, 0.25) is 0 Å². The number of hydrogen-bond acceptors (Lipinski definition) is 4. The summed E-state index contributed by atoms with van der Waals surface area (Å²) in [5.41, 5.74) is 6.69. The molecule has 3 rings (SSSR count). The molecule has 0 saturated carbocycles. The third-order valence-electron chi connectivity index (χ3n) is 3.33. The van der Waals surface area contributed by atoms with Gasteiger partial charge in [0, 0.05) is 18.7 Å². The topological polar surface area (TPSA) is 68.5 Å². The third kappa shape index (κ3) is 1.39. The molecule has 3 heterocycles. The molecule has 2 fully saturated rings. The van der Waals surface area contributed by atoms with Crippen molar-refractivity contribution in [3.63, 3.8) is 0 Å². The Hall–Kier alpha value is -1.78. The van der Waals surface area contributed by atoms with E-state index in [1.54, 1.807) is 17.2 Å². The molecule has 0 spiro atoms. The van der Waals surface area contributed by atoms with Crippen LogP contribution in [-0.2, 0) is 4.74 Å². The minimum atomic E-state index is -0.184. The van der Waals surface area contributed by atoms with Crippen molar-refractivity contribution in [3.8, 4) is 0 Å². The van der Waals surface area contributed by atoms with Gasteiger partial charge in [-0.15, -0.1) is 0 Å². The van der Waals surface area contributed by atoms with E-state index >= 15 is 0 Å². The lowest BCUT2D eigenvalue weighted by molar-refractivity contribution is 0.158. The first-order valence-corrected chi connectivity index (χ1v) is 5.39. The summed E-state index contributed by atoms with van der Waals surface area (Å²) in [4.78, 5) is 17.2. The first-order chi connectivity index (χ1) is 7.74. The maximum atomic E-state index is 11.4. The van der Waals surface area contributed by atoms with Gasteiger partial charge in [-0.05, 0) is 18.1 Å². The zero-order valence-corrected chi connectivity index (χ0v) is 8.80. The van der Waals surface area contributed by atoms with E-state index < -0.39 is 0 Å². The molecule has 0 radical (unpaired) electrons. The van der Waals surface area contributed by atoms with Crippen LogP contribution in [0.4, 0.5) is 10.6 Å². The van der Waals surface area contributed by atoms with Crippen molar-refractivity contribution in [2.75, 3.05) is 18.9 Å². The van der Waals surface area contributed by atoms with Gasteiger partial charge in [0.25, 0.3) is 0 Å². The molecule has 2 N–H and O–H groups in total. The number of pyridine rings is 1. The van der Waals surface area contributed by atoms with Crippen molar-refractivity contribution in [2.45, 2.75) is 18.4 Å². The van der Waals surface area contributed by atoms with Gasteiger partial charge in [-0.2, -0.15) is 0 Å². The normalized spacial score (nSPS) is 28.0. The third-order valence-corrected chi connectivity index (χ3v) is 3.33. The van der Waals surface area contributed by atoms with Gasteiger partial charge in [-0.1, -0.05) is 6.07 Å². The van der Waals surface area contributed by atoms with Gasteiger partial charge in [0.15, 0.2) is 0 Å². The highest BCUT2D eigenvalue weighted by Crippen LogP contribution is 2.34. The maximum Gasteiger partial charge on any atom is 0.410 e. The smallest absolute Gasteiger partial charge is 0.410 e. The van der Waals surface area contributed by atoms with E-state index in [9.17, 15) is 4.79 Å². The second-order valence-electron chi connectivity index (χ2n) is 4.33. The number of hydrogen-bond donors (Lipinski definition) is 1. The van der Waals surface area contributed by atoms with Gasteiger partial charge < -0.3 is 15.4 Å². The number of cyclic esters (lactones) is 1. The van der Waals surface area contributed by atoms with Crippen molar-refractivity contribution in [2.24, 2.45) is 0 Å². The number of anilines is 1. The van der Waals surface area contributed by atoms with Gasteiger partial charge in [-0.25, -0.2) is 9.78 Å². The molecular formula is C11H13N3O2. The lowest BCUT2D eigenvalue weighted by Gasteiger charge is -2.11. The minimum Gasteiger partial charge on any atom is -0.447 e. The van der Waals surface area contributed by atoms with Crippen molar-refractivity contribution in [1.29, 1.82) is 0 Å². The van der Waals surface area contributed by atoms with Crippen LogP contribution in [0.15, 0.2) is 18.3 Å². The van der Waals surface area contributed by atoms with Crippen molar-refractivity contribution in [1.82, 2.24) is 9.88 Å². The molecule has 2 aliphatic rings. The first kappa shape index (κ1) is 9.45. The van der Waals surface area contributed by atoms with Crippen LogP contribution >= 0.6 is 0 Å². The predicted molar refractivity (Wildman–Crippen MR) is 57.8 cm³/mol. The van der Waals surface area contributed by atoms with E-state index in [4.69, 9.17) is 10.5 Å². The lowest BCUT2D eigenvalue weighted by Crippen LogP contribution is -2.27. The number of amides is 1. The monoisotopic (exact) mass is 219 g/mol. The molecule has 5 nitrogen and oxygen atoms in total. The van der Waals surface area contributed by atoms with Crippen molar-refractivity contribution in [3.05, 3.63) is 23.9 Å². The van der Waals surface area contributed by atoms with Crippen LogP contribution in [0, 0.1) is 0 Å². The Labute approximate surface area is 93.2 Å². The summed E-state index contributed by atoms with van der Waals surface area (Å²) < 4.78 is 4.97. The lowest BCUT2D eigenvalue weighted by atomic mass is 9.98. The first-order valence-electron chi connectivity index (χ1n) is 5.39. The average Bonchev–Trinajstić information content (AvgIpc) is 2.83. The summed E-state index contributed by atoms with van der Waals surface area (Å²) in [6.07, 6.45) is 2.57. The highest BCUT2D eigenvalue weighted by atomic mass is 16.6. The molecule has 0 bridgehead atoms. The fourth-order valence-corrected chi connectivity index (χ4v) is 2.45. The Morgan fingerprint density at radius 1 is 1.50 bits per heavy atom. The molecule has 1 aromatic rings. The molecule has 16 heavy (non-hydrogen) atoms. The molecule has 84 valence electrons. The number of rotatable bonds is 1. The van der Waals surface area contributed by atoms with Gasteiger partial charge in [0.05, 0.1) is 6.04 Å². The molecular weight excluding hydrogens is 206 g/mol. The number of carbonyl (C=O) groups excluding carboxylic acids is 1. The summed E-state index contributed by atoms with van der Waals surface area (Å²) in [5, 5.41) is 0. The van der Waals surface area contributed by atoms with Crippen LogP contribution in [0.5, 0.6) is 0 Å². The fourth-order valence-electron chi connectivity index (χ4n) is 2.45. The number of carbonyl (C=O) groups is 1. The molecule has 0 unspecified atom stereocenters. The van der Waals surface area contributed by atoms with E-state index in [-0.39, 0.29) is 12.1 Å². The quantitative estimate of drug-likeness (QED) is 0.764. The average molecular weight is 219 g/mol. The van der Waals surface area contributed by atoms with E-state index in [1.807, 2.05) is 6.07 Å². The zero-order valence-electron chi connectivity index (χ0n) is 8.80. The van der Waals surface area contributed by atoms with Crippen LogP contribution < -0.4 is 5.73 Å². The summed E-state index contributed by atoms with van der Waals surface area (Å²) in [5.74, 6) is 0.896. The van der Waals surface area contributed by atoms with Crippen LogP contribution in [0.25, 0.3) is 0 Å². The predicted octanol–water partition coefficient (Wildman–Crippen LogP) is 0.972. The summed E-state index contributed by atoms with van der Waals surface area (Å²) in [6, 6.07) is 4.03. The van der Waals surface area contributed by atoms with Crippen LogP contribution in [-0.4, -0.2) is 35.2 Å². The number of nitrogens with zero attached hydrogens (tertiary/aromatic N) is 2. The summed E-state index contributed by atoms with van der Waals surface area (Å²) >= 11 is 0. The van der Waals surface area contributed by atoms with Gasteiger partial charge in [0.1, 0.15) is 12.4 Å². The molecule has 0 aromatic carbocycles. The molecule has 0 aliphatic carbocycles. The molecule has 2 aliphatic heterocycles. The second-order valence-corrected chi connectivity index (χ2v) is 4.33. The SMILES string of the molecule is Nc1ccc([C@H]2C[C@H]3COC(=O)N3C2)cn1. The van der Waals surface area contributed by atoms with Gasteiger partial charge in [-0.3, -0.25) is 0 Å². The molecule has 2 atom stereocenters. The Bertz CT molecular complexity index is 418. The highest BCUT2D eigenvalue weighted by molar-refractivity contribution is 5.70. The number of nitrogens with two attached hydrogens (primary N) is 1.